The third-order valence-corrected chi connectivity index (χ3v) is 7.21. The lowest BCUT2D eigenvalue weighted by molar-refractivity contribution is 0.101. The Kier molecular flexibility index (Phi) is 5.79. The van der Waals surface area contributed by atoms with E-state index in [-0.39, 0.29) is 11.9 Å². The van der Waals surface area contributed by atoms with Gasteiger partial charge in [0.25, 0.3) is 0 Å². The van der Waals surface area contributed by atoms with Crippen molar-refractivity contribution in [1.29, 1.82) is 0 Å². The number of halogens is 1. The maximum atomic E-state index is 13.3. The number of hydrogen-bond acceptors (Lipinski definition) is 8. The highest BCUT2D eigenvalue weighted by Crippen LogP contribution is 2.31. The fourth-order valence-corrected chi connectivity index (χ4v) is 5.00. The number of rotatable bonds is 5. The molecule has 1 unspecified atom stereocenters. The number of fused-ring (bicyclic) bond motifs is 1. The molecule has 1 saturated heterocycles. The maximum absolute atomic E-state index is 13.3. The number of hydrogen-bond donors (Lipinski definition) is 1. The van der Waals surface area contributed by atoms with Gasteiger partial charge in [-0.05, 0) is 37.6 Å². The third-order valence-electron chi connectivity index (χ3n) is 7.21. The van der Waals surface area contributed by atoms with Crippen molar-refractivity contribution < 1.29 is 9.50 Å². The first-order valence-corrected chi connectivity index (χ1v) is 12.4. The molecule has 1 N–H and O–H groups in total. The van der Waals surface area contributed by atoms with Gasteiger partial charge in [0.2, 0.25) is 5.95 Å². The molecule has 194 valence electrons. The molecule has 4 aromatic heterocycles. The van der Waals surface area contributed by atoms with Gasteiger partial charge in [-0.3, -0.25) is 4.68 Å². The van der Waals surface area contributed by atoms with Crippen LogP contribution in [-0.4, -0.2) is 65.1 Å². The number of aliphatic hydroxyl groups is 1. The van der Waals surface area contributed by atoms with E-state index in [1.54, 1.807) is 42.5 Å². The number of anilines is 2. The average molecular weight is 514 g/mol. The smallest absolute Gasteiger partial charge is 0.225 e. The number of nitrogens with zero attached hydrogens (tertiary/aromatic N) is 9. The monoisotopic (exact) mass is 513 g/mol. The predicted molar refractivity (Wildman–Crippen MR) is 141 cm³/mol. The summed E-state index contributed by atoms with van der Waals surface area (Å²) in [7, 11) is 1.90. The Balaban J connectivity index is 1.20. The van der Waals surface area contributed by atoms with Gasteiger partial charge < -0.3 is 14.9 Å². The molecule has 10 nitrogen and oxygen atoms in total. The molecule has 5 heterocycles. The molecular weight excluding hydrogens is 485 g/mol. The molecule has 6 rings (SSSR count). The van der Waals surface area contributed by atoms with Crippen molar-refractivity contribution in [3.63, 3.8) is 0 Å². The molecule has 1 aromatic carbocycles. The first-order valence-electron chi connectivity index (χ1n) is 12.4. The quantitative estimate of drug-likeness (QED) is 0.383. The van der Waals surface area contributed by atoms with Crippen molar-refractivity contribution in [1.82, 2.24) is 34.3 Å². The van der Waals surface area contributed by atoms with Crippen LogP contribution in [0.25, 0.3) is 16.6 Å². The molecule has 1 fully saturated rings. The normalized spacial score (nSPS) is 17.7. The molecule has 38 heavy (non-hydrogen) atoms. The van der Waals surface area contributed by atoms with Crippen LogP contribution in [0.2, 0.25) is 0 Å². The van der Waals surface area contributed by atoms with Crippen LogP contribution in [0.3, 0.4) is 0 Å². The molecule has 1 aliphatic rings. The van der Waals surface area contributed by atoms with E-state index >= 15 is 0 Å². The third kappa shape index (κ3) is 4.24. The van der Waals surface area contributed by atoms with Gasteiger partial charge in [0.05, 0.1) is 6.20 Å². The van der Waals surface area contributed by atoms with Crippen LogP contribution in [0.15, 0.2) is 67.6 Å². The van der Waals surface area contributed by atoms with Crippen molar-refractivity contribution in [2.75, 3.05) is 29.4 Å². The van der Waals surface area contributed by atoms with E-state index < -0.39 is 5.60 Å². The Morgan fingerprint density at radius 2 is 1.71 bits per heavy atom. The standard InChI is InChI=1S/C27H28FN9O/c1-18-14-35(25-24-10-19(16-37(24)33-17-31-25)20-11-32-34(3)15-20)8-9-36(18)26-29-12-22(13-30-26)27(2,38)21-4-6-23(28)7-5-21/h4-7,10-13,15-18,38H,8-9,14H2,1-3H3/t18-,27?/m1/s1. The van der Waals surface area contributed by atoms with E-state index in [0.717, 1.165) is 35.6 Å². The molecule has 0 saturated carbocycles. The summed E-state index contributed by atoms with van der Waals surface area (Å²) in [5.41, 5.74) is 2.79. The molecule has 0 aliphatic carbocycles. The van der Waals surface area contributed by atoms with Crippen LogP contribution in [0, 0.1) is 5.82 Å². The van der Waals surface area contributed by atoms with Gasteiger partial charge in [0.1, 0.15) is 23.3 Å². The van der Waals surface area contributed by atoms with Gasteiger partial charge in [-0.2, -0.15) is 10.2 Å². The Labute approximate surface area is 219 Å². The van der Waals surface area contributed by atoms with Gasteiger partial charge in [0, 0.05) is 74.2 Å². The van der Waals surface area contributed by atoms with E-state index in [2.05, 4.69) is 47.9 Å². The Hall–Kier alpha value is -4.38. The Morgan fingerprint density at radius 1 is 0.947 bits per heavy atom. The SMILES string of the molecule is C[C@@H]1CN(c2ncnn3cc(-c4cnn(C)c4)cc23)CCN1c1ncc(C(C)(O)c2ccc(F)cc2)cn1. The molecule has 5 aromatic rings. The van der Waals surface area contributed by atoms with Crippen LogP contribution in [0.1, 0.15) is 25.0 Å². The van der Waals surface area contributed by atoms with Crippen LogP contribution in [0.4, 0.5) is 16.2 Å². The molecule has 11 heteroatoms. The van der Waals surface area contributed by atoms with Gasteiger partial charge in [0.15, 0.2) is 5.82 Å². The summed E-state index contributed by atoms with van der Waals surface area (Å²) in [4.78, 5) is 18.2. The molecule has 1 aliphatic heterocycles. The lowest BCUT2D eigenvalue weighted by Crippen LogP contribution is -2.53. The first kappa shape index (κ1) is 24.0. The second kappa shape index (κ2) is 9.18. The lowest BCUT2D eigenvalue weighted by Gasteiger charge is -2.40. The first-order chi connectivity index (χ1) is 18.3. The van der Waals surface area contributed by atoms with Gasteiger partial charge in [-0.1, -0.05) is 12.1 Å². The van der Waals surface area contributed by atoms with Gasteiger partial charge in [-0.25, -0.2) is 23.9 Å². The fourth-order valence-electron chi connectivity index (χ4n) is 5.00. The summed E-state index contributed by atoms with van der Waals surface area (Å²) >= 11 is 0. The summed E-state index contributed by atoms with van der Waals surface area (Å²) < 4.78 is 17.0. The number of aryl methyl sites for hydroxylation is 1. The topological polar surface area (TPSA) is 101 Å². The minimum Gasteiger partial charge on any atom is -0.381 e. The largest absolute Gasteiger partial charge is 0.381 e. The molecule has 0 radical (unpaired) electrons. The number of aromatic nitrogens is 7. The highest BCUT2D eigenvalue weighted by Gasteiger charge is 2.30. The predicted octanol–water partition coefficient (Wildman–Crippen LogP) is 3.03. The molecule has 0 bridgehead atoms. The summed E-state index contributed by atoms with van der Waals surface area (Å²) in [6, 6.07) is 8.02. The van der Waals surface area contributed by atoms with Crippen molar-refractivity contribution >= 4 is 17.3 Å². The summed E-state index contributed by atoms with van der Waals surface area (Å²) in [6.45, 7) is 5.97. The molecule has 2 atom stereocenters. The van der Waals surface area contributed by atoms with E-state index in [1.165, 1.54) is 12.1 Å². The van der Waals surface area contributed by atoms with Crippen molar-refractivity contribution in [2.24, 2.45) is 7.05 Å². The number of piperazine rings is 1. The summed E-state index contributed by atoms with van der Waals surface area (Å²) in [5.74, 6) is 1.14. The second-order valence-electron chi connectivity index (χ2n) is 9.88. The van der Waals surface area contributed by atoms with Crippen LogP contribution in [0.5, 0.6) is 0 Å². The molecule has 0 amide bonds. The molecule has 0 spiro atoms. The van der Waals surface area contributed by atoms with Crippen molar-refractivity contribution in [3.05, 3.63) is 84.6 Å². The Morgan fingerprint density at radius 3 is 2.39 bits per heavy atom. The van der Waals surface area contributed by atoms with E-state index in [0.29, 0.717) is 23.6 Å². The molecular formula is C27H28FN9O. The van der Waals surface area contributed by atoms with Crippen LogP contribution < -0.4 is 9.80 Å². The Bertz CT molecular complexity index is 1580. The van der Waals surface area contributed by atoms with E-state index in [1.807, 2.05) is 30.2 Å². The van der Waals surface area contributed by atoms with E-state index in [4.69, 9.17) is 0 Å². The highest BCUT2D eigenvalue weighted by atomic mass is 19.1. The zero-order valence-corrected chi connectivity index (χ0v) is 21.4. The lowest BCUT2D eigenvalue weighted by atomic mass is 9.90. The summed E-state index contributed by atoms with van der Waals surface area (Å²) in [6.07, 6.45) is 10.7. The zero-order valence-electron chi connectivity index (χ0n) is 21.4. The maximum Gasteiger partial charge on any atom is 0.225 e. The van der Waals surface area contributed by atoms with Crippen LogP contribution >= 0.6 is 0 Å². The van der Waals surface area contributed by atoms with Crippen LogP contribution in [-0.2, 0) is 12.6 Å². The second-order valence-corrected chi connectivity index (χ2v) is 9.88. The highest BCUT2D eigenvalue weighted by molar-refractivity contribution is 5.77. The van der Waals surface area contributed by atoms with Gasteiger partial charge >= 0.3 is 0 Å². The van der Waals surface area contributed by atoms with Crippen molar-refractivity contribution in [3.8, 4) is 11.1 Å². The average Bonchev–Trinajstić information content (AvgIpc) is 3.55. The zero-order chi connectivity index (χ0) is 26.4. The summed E-state index contributed by atoms with van der Waals surface area (Å²) in [5, 5.41) is 19.8. The fraction of sp³-hybridized carbons (Fsp3) is 0.296. The van der Waals surface area contributed by atoms with E-state index in [9.17, 15) is 9.50 Å². The minimum atomic E-state index is -1.33. The van der Waals surface area contributed by atoms with Crippen molar-refractivity contribution in [2.45, 2.75) is 25.5 Å². The minimum absolute atomic E-state index is 0.120. The van der Waals surface area contributed by atoms with Gasteiger partial charge in [-0.15, -0.1) is 0 Å². The number of benzene rings is 1.